The summed E-state index contributed by atoms with van der Waals surface area (Å²) in [5.74, 6) is 0. The second-order valence-electron chi connectivity index (χ2n) is 8.46. The molecule has 2 N–H and O–H groups in total. The standard InChI is InChI=1S/C22H31ClN4OS/c1-14(2)27-11-9-26(10-12-27)13-16-15(3)18(8-7-17(16)23)24-22-25-21-19(28)5-4-6-20(21)29-22/h7-8,14,19,28H,4-6,9-13H2,1-3H3,(H,24,25). The van der Waals surface area contributed by atoms with Crippen LogP contribution < -0.4 is 5.32 Å². The minimum atomic E-state index is -0.420. The van der Waals surface area contributed by atoms with E-state index in [1.807, 2.05) is 12.1 Å². The van der Waals surface area contributed by atoms with Gasteiger partial charge in [-0.1, -0.05) is 11.6 Å². The number of halogens is 1. The van der Waals surface area contributed by atoms with Gasteiger partial charge in [0.15, 0.2) is 5.13 Å². The van der Waals surface area contributed by atoms with Crippen LogP contribution >= 0.6 is 22.9 Å². The molecule has 158 valence electrons. The van der Waals surface area contributed by atoms with Crippen molar-refractivity contribution in [2.75, 3.05) is 31.5 Å². The quantitative estimate of drug-likeness (QED) is 0.711. The van der Waals surface area contributed by atoms with E-state index in [1.165, 1.54) is 16.0 Å². The highest BCUT2D eigenvalue weighted by molar-refractivity contribution is 7.15. The molecule has 1 aliphatic heterocycles. The molecule has 2 aliphatic rings. The first-order valence-electron chi connectivity index (χ1n) is 10.6. The SMILES string of the molecule is Cc1c(Nc2nc3c(s2)CCCC3O)ccc(Cl)c1CN1CCN(C(C)C)CC1. The molecule has 0 bridgehead atoms. The molecule has 1 fully saturated rings. The molecule has 0 amide bonds. The van der Waals surface area contributed by atoms with Crippen molar-refractivity contribution in [3.8, 4) is 0 Å². The third kappa shape index (κ3) is 4.62. The van der Waals surface area contributed by atoms with E-state index in [9.17, 15) is 5.11 Å². The molecule has 1 aromatic carbocycles. The number of rotatable bonds is 5. The van der Waals surface area contributed by atoms with Gasteiger partial charge in [-0.05, 0) is 63.3 Å². The van der Waals surface area contributed by atoms with E-state index in [4.69, 9.17) is 11.6 Å². The Morgan fingerprint density at radius 2 is 2.03 bits per heavy atom. The summed E-state index contributed by atoms with van der Waals surface area (Å²) in [6, 6.07) is 4.63. The van der Waals surface area contributed by atoms with Gasteiger partial charge in [0, 0.05) is 54.4 Å². The molecule has 1 saturated heterocycles. The fraction of sp³-hybridized carbons (Fsp3) is 0.591. The van der Waals surface area contributed by atoms with Gasteiger partial charge < -0.3 is 10.4 Å². The molecule has 0 spiro atoms. The molecular weight excluding hydrogens is 404 g/mol. The average Bonchev–Trinajstić information content (AvgIpc) is 3.12. The largest absolute Gasteiger partial charge is 0.387 e. The minimum absolute atomic E-state index is 0.420. The van der Waals surface area contributed by atoms with Gasteiger partial charge in [-0.2, -0.15) is 0 Å². The molecule has 29 heavy (non-hydrogen) atoms. The Labute approximate surface area is 182 Å². The zero-order valence-corrected chi connectivity index (χ0v) is 19.1. The van der Waals surface area contributed by atoms with Crippen molar-refractivity contribution in [1.29, 1.82) is 0 Å². The van der Waals surface area contributed by atoms with Gasteiger partial charge in [0.05, 0.1) is 11.8 Å². The van der Waals surface area contributed by atoms with Crippen LogP contribution in [0.2, 0.25) is 5.02 Å². The van der Waals surface area contributed by atoms with Gasteiger partial charge in [0.2, 0.25) is 0 Å². The number of hydrogen-bond donors (Lipinski definition) is 2. The first-order valence-corrected chi connectivity index (χ1v) is 11.8. The van der Waals surface area contributed by atoms with Crippen molar-refractivity contribution in [3.63, 3.8) is 0 Å². The predicted molar refractivity (Wildman–Crippen MR) is 121 cm³/mol. The highest BCUT2D eigenvalue weighted by Gasteiger charge is 2.24. The Hall–Kier alpha value is -1.18. The molecule has 1 aliphatic carbocycles. The molecule has 5 nitrogen and oxygen atoms in total. The minimum Gasteiger partial charge on any atom is -0.387 e. The van der Waals surface area contributed by atoms with Gasteiger partial charge in [0.25, 0.3) is 0 Å². The third-order valence-corrected chi connectivity index (χ3v) is 7.63. The lowest BCUT2D eigenvalue weighted by atomic mass is 10.0. The number of anilines is 2. The highest BCUT2D eigenvalue weighted by Crippen LogP contribution is 2.37. The predicted octanol–water partition coefficient (Wildman–Crippen LogP) is 4.74. The second-order valence-corrected chi connectivity index (χ2v) is 9.96. The maximum Gasteiger partial charge on any atom is 0.187 e. The van der Waals surface area contributed by atoms with Crippen LogP contribution in [-0.4, -0.2) is 52.1 Å². The lowest BCUT2D eigenvalue weighted by molar-refractivity contribution is 0.104. The first-order chi connectivity index (χ1) is 13.9. The van der Waals surface area contributed by atoms with Gasteiger partial charge >= 0.3 is 0 Å². The van der Waals surface area contributed by atoms with Crippen LogP contribution in [0, 0.1) is 6.92 Å². The van der Waals surface area contributed by atoms with E-state index in [2.05, 4.69) is 40.9 Å². The van der Waals surface area contributed by atoms with Crippen LogP contribution in [0.15, 0.2) is 12.1 Å². The van der Waals surface area contributed by atoms with E-state index in [0.717, 1.165) is 73.5 Å². The van der Waals surface area contributed by atoms with E-state index in [1.54, 1.807) is 11.3 Å². The molecule has 4 rings (SSSR count). The van der Waals surface area contributed by atoms with Crippen molar-refractivity contribution in [3.05, 3.63) is 38.9 Å². The maximum absolute atomic E-state index is 10.2. The van der Waals surface area contributed by atoms with Crippen LogP contribution in [0.4, 0.5) is 10.8 Å². The monoisotopic (exact) mass is 434 g/mol. The van der Waals surface area contributed by atoms with Gasteiger partial charge in [-0.25, -0.2) is 4.98 Å². The Morgan fingerprint density at radius 1 is 1.28 bits per heavy atom. The van der Waals surface area contributed by atoms with Gasteiger partial charge in [-0.3, -0.25) is 9.80 Å². The zero-order chi connectivity index (χ0) is 20.5. The van der Waals surface area contributed by atoms with Crippen LogP contribution in [0.5, 0.6) is 0 Å². The van der Waals surface area contributed by atoms with E-state index >= 15 is 0 Å². The Morgan fingerprint density at radius 3 is 2.72 bits per heavy atom. The van der Waals surface area contributed by atoms with E-state index in [-0.39, 0.29) is 0 Å². The molecular formula is C22H31ClN4OS. The topological polar surface area (TPSA) is 51.6 Å². The third-order valence-electron chi connectivity index (χ3n) is 6.23. The molecule has 2 aromatic rings. The van der Waals surface area contributed by atoms with Crippen LogP contribution in [0.1, 0.15) is 54.5 Å². The number of benzene rings is 1. The summed E-state index contributed by atoms with van der Waals surface area (Å²) in [6.45, 7) is 11.9. The summed E-state index contributed by atoms with van der Waals surface area (Å²) in [4.78, 5) is 10.9. The fourth-order valence-corrected chi connectivity index (χ4v) is 5.61. The van der Waals surface area contributed by atoms with Crippen molar-refractivity contribution >= 4 is 33.8 Å². The molecule has 1 aromatic heterocycles. The molecule has 2 heterocycles. The van der Waals surface area contributed by atoms with Crippen molar-refractivity contribution in [2.45, 2.75) is 58.7 Å². The van der Waals surface area contributed by atoms with Crippen molar-refractivity contribution < 1.29 is 5.11 Å². The van der Waals surface area contributed by atoms with Crippen molar-refractivity contribution in [2.24, 2.45) is 0 Å². The lowest BCUT2D eigenvalue weighted by Crippen LogP contribution is -2.48. The van der Waals surface area contributed by atoms with E-state index in [0.29, 0.717) is 6.04 Å². The number of hydrogen-bond acceptors (Lipinski definition) is 6. The summed E-state index contributed by atoms with van der Waals surface area (Å²) >= 11 is 8.25. The number of nitrogens with one attached hydrogen (secondary N) is 1. The highest BCUT2D eigenvalue weighted by atomic mass is 35.5. The van der Waals surface area contributed by atoms with Crippen molar-refractivity contribution in [1.82, 2.24) is 14.8 Å². The van der Waals surface area contributed by atoms with Crippen LogP contribution in [0.3, 0.4) is 0 Å². The van der Waals surface area contributed by atoms with Crippen LogP contribution in [0.25, 0.3) is 0 Å². The number of aryl methyl sites for hydroxylation is 1. The number of aliphatic hydroxyl groups is 1. The van der Waals surface area contributed by atoms with Crippen LogP contribution in [-0.2, 0) is 13.0 Å². The summed E-state index contributed by atoms with van der Waals surface area (Å²) in [6.07, 6.45) is 2.43. The summed E-state index contributed by atoms with van der Waals surface area (Å²) < 4.78 is 0. The fourth-order valence-electron chi connectivity index (χ4n) is 4.28. The molecule has 1 atom stereocenters. The Kier molecular flexibility index (Phi) is 6.47. The average molecular weight is 435 g/mol. The summed E-state index contributed by atoms with van der Waals surface area (Å²) in [5.41, 5.74) is 4.28. The number of nitrogens with zero attached hydrogens (tertiary/aromatic N) is 3. The van der Waals surface area contributed by atoms with E-state index < -0.39 is 6.10 Å². The number of piperazine rings is 1. The molecule has 7 heteroatoms. The summed E-state index contributed by atoms with van der Waals surface area (Å²) in [5, 5.41) is 15.4. The number of thiazole rings is 1. The zero-order valence-electron chi connectivity index (χ0n) is 17.5. The van der Waals surface area contributed by atoms with Gasteiger partial charge in [-0.15, -0.1) is 11.3 Å². The first kappa shape index (κ1) is 21.1. The molecule has 1 unspecified atom stereocenters. The molecule has 0 radical (unpaired) electrons. The Bertz CT molecular complexity index is 861. The maximum atomic E-state index is 10.2. The summed E-state index contributed by atoms with van der Waals surface area (Å²) in [7, 11) is 0. The second kappa shape index (κ2) is 8.90. The number of fused-ring (bicyclic) bond motifs is 1. The lowest BCUT2D eigenvalue weighted by Gasteiger charge is -2.37. The number of aromatic nitrogens is 1. The molecule has 0 saturated carbocycles. The van der Waals surface area contributed by atoms with Gasteiger partial charge in [0.1, 0.15) is 0 Å². The normalized spacial score (nSPS) is 20.8. The Balaban J connectivity index is 1.49. The number of aliphatic hydroxyl groups excluding tert-OH is 1. The smallest absolute Gasteiger partial charge is 0.187 e.